The molecule has 1 unspecified atom stereocenters. The van der Waals surface area contributed by atoms with E-state index in [2.05, 4.69) is 31.9 Å². The molecule has 0 aliphatic rings. The smallest absolute Gasteiger partial charge is 0.124 e. The summed E-state index contributed by atoms with van der Waals surface area (Å²) in [5, 5.41) is 0. The SMILES string of the molecule is Cc1c(Br)cccc1C(N)Cc1cc(F)cc(Br)c1. The summed E-state index contributed by atoms with van der Waals surface area (Å²) >= 11 is 6.80. The van der Waals surface area contributed by atoms with Gasteiger partial charge in [0.05, 0.1) is 0 Å². The first-order valence-corrected chi connectivity index (χ1v) is 7.51. The molecule has 2 aromatic carbocycles. The Kier molecular flexibility index (Phi) is 4.76. The first-order chi connectivity index (χ1) is 8.97. The topological polar surface area (TPSA) is 26.0 Å². The van der Waals surface area contributed by atoms with Crippen LogP contribution in [0, 0.1) is 12.7 Å². The van der Waals surface area contributed by atoms with E-state index in [0.29, 0.717) is 6.42 Å². The Labute approximate surface area is 129 Å². The third-order valence-electron chi connectivity index (χ3n) is 3.09. The summed E-state index contributed by atoms with van der Waals surface area (Å²) in [5.41, 5.74) is 9.33. The van der Waals surface area contributed by atoms with Crippen LogP contribution < -0.4 is 5.73 Å². The summed E-state index contributed by atoms with van der Waals surface area (Å²) in [4.78, 5) is 0. The molecule has 19 heavy (non-hydrogen) atoms. The fourth-order valence-electron chi connectivity index (χ4n) is 2.12. The zero-order chi connectivity index (χ0) is 14.0. The lowest BCUT2D eigenvalue weighted by Crippen LogP contribution is -2.15. The molecule has 0 spiro atoms. The average Bonchev–Trinajstić information content (AvgIpc) is 2.31. The number of rotatable bonds is 3. The van der Waals surface area contributed by atoms with Gasteiger partial charge in [-0.1, -0.05) is 44.0 Å². The summed E-state index contributed by atoms with van der Waals surface area (Å²) in [6, 6.07) is 10.7. The predicted octanol–water partition coefficient (Wildman–Crippen LogP) is 4.90. The molecule has 0 aliphatic heterocycles. The molecule has 100 valence electrons. The van der Waals surface area contributed by atoms with Crippen molar-refractivity contribution in [2.24, 2.45) is 5.73 Å². The van der Waals surface area contributed by atoms with Crippen LogP contribution in [-0.4, -0.2) is 0 Å². The van der Waals surface area contributed by atoms with Crippen molar-refractivity contribution in [3.8, 4) is 0 Å². The van der Waals surface area contributed by atoms with Gasteiger partial charge in [-0.15, -0.1) is 0 Å². The highest BCUT2D eigenvalue weighted by Gasteiger charge is 2.12. The summed E-state index contributed by atoms with van der Waals surface area (Å²) in [6.07, 6.45) is 0.605. The molecule has 1 nitrogen and oxygen atoms in total. The van der Waals surface area contributed by atoms with E-state index in [9.17, 15) is 4.39 Å². The Hall–Kier alpha value is -0.710. The Morgan fingerprint density at radius 3 is 2.63 bits per heavy atom. The number of hydrogen-bond donors (Lipinski definition) is 1. The molecule has 0 heterocycles. The summed E-state index contributed by atoms with van der Waals surface area (Å²) in [6.45, 7) is 2.03. The second kappa shape index (κ2) is 6.16. The van der Waals surface area contributed by atoms with Gasteiger partial charge in [-0.2, -0.15) is 0 Å². The quantitative estimate of drug-likeness (QED) is 0.797. The normalized spacial score (nSPS) is 12.5. The molecule has 4 heteroatoms. The van der Waals surface area contributed by atoms with Gasteiger partial charge in [0.15, 0.2) is 0 Å². The molecule has 0 saturated heterocycles. The summed E-state index contributed by atoms with van der Waals surface area (Å²) in [5.74, 6) is -0.248. The van der Waals surface area contributed by atoms with E-state index < -0.39 is 0 Å². The lowest BCUT2D eigenvalue weighted by atomic mass is 9.96. The van der Waals surface area contributed by atoms with Crippen LogP contribution in [0.2, 0.25) is 0 Å². The average molecular weight is 387 g/mol. The van der Waals surface area contributed by atoms with Gasteiger partial charge in [-0.25, -0.2) is 4.39 Å². The highest BCUT2D eigenvalue weighted by atomic mass is 79.9. The van der Waals surface area contributed by atoms with Gasteiger partial charge in [0.25, 0.3) is 0 Å². The molecule has 2 N–H and O–H groups in total. The zero-order valence-electron chi connectivity index (χ0n) is 10.5. The van der Waals surface area contributed by atoms with Gasteiger partial charge in [0, 0.05) is 15.0 Å². The van der Waals surface area contributed by atoms with Crippen molar-refractivity contribution < 1.29 is 4.39 Å². The fraction of sp³-hybridized carbons (Fsp3) is 0.200. The minimum atomic E-state index is -0.248. The molecule has 0 amide bonds. The van der Waals surface area contributed by atoms with Crippen LogP contribution in [0.25, 0.3) is 0 Å². The number of halogens is 3. The van der Waals surface area contributed by atoms with E-state index >= 15 is 0 Å². The van der Waals surface area contributed by atoms with Crippen LogP contribution in [0.1, 0.15) is 22.7 Å². The highest BCUT2D eigenvalue weighted by Crippen LogP contribution is 2.26. The minimum Gasteiger partial charge on any atom is -0.324 e. The van der Waals surface area contributed by atoms with E-state index in [1.54, 1.807) is 0 Å². The van der Waals surface area contributed by atoms with Crippen LogP contribution in [-0.2, 0) is 6.42 Å². The Morgan fingerprint density at radius 1 is 1.21 bits per heavy atom. The molecular weight excluding hydrogens is 373 g/mol. The molecule has 2 aromatic rings. The maximum absolute atomic E-state index is 13.3. The molecule has 0 aromatic heterocycles. The van der Waals surface area contributed by atoms with E-state index in [1.165, 1.54) is 12.1 Å². The van der Waals surface area contributed by atoms with Crippen LogP contribution in [0.3, 0.4) is 0 Å². The van der Waals surface area contributed by atoms with Crippen molar-refractivity contribution in [1.29, 1.82) is 0 Å². The second-order valence-electron chi connectivity index (χ2n) is 4.54. The minimum absolute atomic E-state index is 0.147. The fourth-order valence-corrected chi connectivity index (χ4v) is 3.01. The van der Waals surface area contributed by atoms with E-state index in [4.69, 9.17) is 5.73 Å². The lowest BCUT2D eigenvalue weighted by Gasteiger charge is -2.16. The first kappa shape index (κ1) is 14.7. The van der Waals surface area contributed by atoms with Gasteiger partial charge < -0.3 is 5.73 Å². The van der Waals surface area contributed by atoms with Crippen LogP contribution in [0.4, 0.5) is 4.39 Å². The molecule has 0 bridgehead atoms. The highest BCUT2D eigenvalue weighted by molar-refractivity contribution is 9.10. The molecule has 0 radical (unpaired) electrons. The number of hydrogen-bond acceptors (Lipinski definition) is 1. The monoisotopic (exact) mass is 385 g/mol. The summed E-state index contributed by atoms with van der Waals surface area (Å²) < 4.78 is 15.1. The third-order valence-corrected chi connectivity index (χ3v) is 4.40. The molecule has 0 saturated carbocycles. The molecule has 2 rings (SSSR count). The van der Waals surface area contributed by atoms with Crippen molar-refractivity contribution in [1.82, 2.24) is 0 Å². The van der Waals surface area contributed by atoms with Crippen molar-refractivity contribution >= 4 is 31.9 Å². The second-order valence-corrected chi connectivity index (χ2v) is 6.31. The van der Waals surface area contributed by atoms with Gasteiger partial charge in [-0.3, -0.25) is 0 Å². The van der Waals surface area contributed by atoms with E-state index in [0.717, 1.165) is 25.6 Å². The van der Waals surface area contributed by atoms with Gasteiger partial charge in [-0.05, 0) is 54.3 Å². The Morgan fingerprint density at radius 2 is 1.95 bits per heavy atom. The zero-order valence-corrected chi connectivity index (χ0v) is 13.6. The van der Waals surface area contributed by atoms with Crippen LogP contribution in [0.5, 0.6) is 0 Å². The maximum Gasteiger partial charge on any atom is 0.124 e. The van der Waals surface area contributed by atoms with Crippen molar-refractivity contribution in [3.63, 3.8) is 0 Å². The molecule has 0 aliphatic carbocycles. The largest absolute Gasteiger partial charge is 0.324 e. The van der Waals surface area contributed by atoms with Crippen LogP contribution in [0.15, 0.2) is 45.3 Å². The molecule has 0 fully saturated rings. The van der Waals surface area contributed by atoms with E-state index in [1.807, 2.05) is 31.2 Å². The van der Waals surface area contributed by atoms with Gasteiger partial charge in [0.1, 0.15) is 5.82 Å². The molecule has 1 atom stereocenters. The van der Waals surface area contributed by atoms with E-state index in [-0.39, 0.29) is 11.9 Å². The summed E-state index contributed by atoms with van der Waals surface area (Å²) in [7, 11) is 0. The Bertz CT molecular complexity index is 578. The first-order valence-electron chi connectivity index (χ1n) is 5.93. The maximum atomic E-state index is 13.3. The number of nitrogens with two attached hydrogens (primary N) is 1. The standard InChI is InChI=1S/C15H14Br2FN/c1-9-13(3-2-4-14(9)17)15(19)7-10-5-11(16)8-12(18)6-10/h2-6,8,15H,7,19H2,1H3. The third kappa shape index (κ3) is 3.65. The predicted molar refractivity (Wildman–Crippen MR) is 83.6 cm³/mol. The van der Waals surface area contributed by atoms with Crippen molar-refractivity contribution in [2.75, 3.05) is 0 Å². The van der Waals surface area contributed by atoms with Crippen LogP contribution >= 0.6 is 31.9 Å². The lowest BCUT2D eigenvalue weighted by molar-refractivity contribution is 0.620. The van der Waals surface area contributed by atoms with Crippen molar-refractivity contribution in [3.05, 3.63) is 67.9 Å². The number of benzene rings is 2. The molecular formula is C15H14Br2FN. The van der Waals surface area contributed by atoms with Gasteiger partial charge >= 0.3 is 0 Å². The Balaban J connectivity index is 2.25. The van der Waals surface area contributed by atoms with Crippen molar-refractivity contribution in [2.45, 2.75) is 19.4 Å². The van der Waals surface area contributed by atoms with Gasteiger partial charge in [0.2, 0.25) is 0 Å².